The number of hydrogen-bond acceptors (Lipinski definition) is 2. The van der Waals surface area contributed by atoms with Gasteiger partial charge in [-0.2, -0.15) is 0 Å². The lowest BCUT2D eigenvalue weighted by Gasteiger charge is -1.91. The van der Waals surface area contributed by atoms with Crippen molar-refractivity contribution < 1.29 is 4.42 Å². The highest BCUT2D eigenvalue weighted by Crippen LogP contribution is 2.17. The van der Waals surface area contributed by atoms with Crippen LogP contribution in [0, 0.1) is 6.92 Å². The Morgan fingerprint density at radius 1 is 1.78 bits per heavy atom. The van der Waals surface area contributed by atoms with Gasteiger partial charge in [0.2, 0.25) is 5.89 Å². The predicted octanol–water partition coefficient (Wildman–Crippen LogP) is 2.28. The number of halogens is 1. The lowest BCUT2D eigenvalue weighted by Crippen LogP contribution is -1.80. The van der Waals surface area contributed by atoms with Gasteiger partial charge in [0.05, 0.1) is 6.20 Å². The van der Waals surface area contributed by atoms with Crippen LogP contribution in [0.2, 0.25) is 0 Å². The van der Waals surface area contributed by atoms with Gasteiger partial charge in [-0.15, -0.1) is 11.6 Å². The minimum absolute atomic E-state index is 0.126. The Hall–Kier alpha value is -0.500. The number of alkyl halides is 1. The van der Waals surface area contributed by atoms with Crippen molar-refractivity contribution in [3.8, 4) is 0 Å². The molecule has 1 aromatic rings. The fraction of sp³-hybridized carbons (Fsp3) is 0.500. The van der Waals surface area contributed by atoms with Crippen LogP contribution in [-0.4, -0.2) is 4.98 Å². The molecule has 0 aliphatic heterocycles. The van der Waals surface area contributed by atoms with Crippen molar-refractivity contribution >= 4 is 11.6 Å². The molecule has 0 N–H and O–H groups in total. The van der Waals surface area contributed by atoms with Crippen LogP contribution in [0.4, 0.5) is 0 Å². The third-order valence-electron chi connectivity index (χ3n) is 0.979. The van der Waals surface area contributed by atoms with Gasteiger partial charge < -0.3 is 4.42 Å². The van der Waals surface area contributed by atoms with Crippen molar-refractivity contribution in [3.63, 3.8) is 0 Å². The van der Waals surface area contributed by atoms with E-state index in [0.29, 0.717) is 5.89 Å². The Labute approximate surface area is 58.8 Å². The Balaban J connectivity index is 2.85. The number of oxazole rings is 1. The molecule has 2 nitrogen and oxygen atoms in total. The number of hydrogen-bond donors (Lipinski definition) is 0. The fourth-order valence-electron chi connectivity index (χ4n) is 0.556. The Morgan fingerprint density at radius 3 is 2.67 bits per heavy atom. The van der Waals surface area contributed by atoms with E-state index < -0.39 is 0 Å². The average molecular weight is 146 g/mol. The molecule has 9 heavy (non-hydrogen) atoms. The smallest absolute Gasteiger partial charge is 0.212 e. The molecule has 0 radical (unpaired) electrons. The van der Waals surface area contributed by atoms with Crippen molar-refractivity contribution in [2.75, 3.05) is 0 Å². The van der Waals surface area contributed by atoms with Crippen LogP contribution in [0.5, 0.6) is 0 Å². The van der Waals surface area contributed by atoms with Gasteiger partial charge >= 0.3 is 0 Å². The van der Waals surface area contributed by atoms with Gasteiger partial charge in [0.1, 0.15) is 11.1 Å². The molecule has 1 aromatic heterocycles. The normalized spacial score (nSPS) is 13.7. The van der Waals surface area contributed by atoms with E-state index in [4.69, 9.17) is 16.0 Å². The second-order valence-electron chi connectivity index (χ2n) is 1.93. The van der Waals surface area contributed by atoms with E-state index in [1.807, 2.05) is 13.8 Å². The van der Waals surface area contributed by atoms with Gasteiger partial charge in [0, 0.05) is 0 Å². The Bertz CT molecular complexity index is 195. The van der Waals surface area contributed by atoms with Crippen LogP contribution in [-0.2, 0) is 0 Å². The zero-order valence-corrected chi connectivity index (χ0v) is 6.14. The van der Waals surface area contributed by atoms with E-state index in [0.717, 1.165) is 5.76 Å². The first kappa shape index (κ1) is 6.62. The maximum atomic E-state index is 5.66. The van der Waals surface area contributed by atoms with Gasteiger partial charge in [0.25, 0.3) is 0 Å². The van der Waals surface area contributed by atoms with E-state index in [-0.39, 0.29) is 5.38 Å². The highest BCUT2D eigenvalue weighted by molar-refractivity contribution is 6.20. The number of rotatable bonds is 1. The monoisotopic (exact) mass is 145 g/mol. The summed E-state index contributed by atoms with van der Waals surface area (Å²) in [6.07, 6.45) is 1.66. The van der Waals surface area contributed by atoms with E-state index in [9.17, 15) is 0 Å². The van der Waals surface area contributed by atoms with E-state index in [1.165, 1.54) is 0 Å². The summed E-state index contributed by atoms with van der Waals surface area (Å²) >= 11 is 5.66. The van der Waals surface area contributed by atoms with Crippen LogP contribution in [0.3, 0.4) is 0 Å². The minimum atomic E-state index is -0.126. The second-order valence-corrected chi connectivity index (χ2v) is 2.58. The van der Waals surface area contributed by atoms with E-state index in [2.05, 4.69) is 4.98 Å². The first-order chi connectivity index (χ1) is 4.20. The molecule has 0 fully saturated rings. The van der Waals surface area contributed by atoms with Gasteiger partial charge in [0.15, 0.2) is 0 Å². The molecule has 0 spiro atoms. The van der Waals surface area contributed by atoms with Crippen molar-refractivity contribution in [3.05, 3.63) is 17.8 Å². The highest BCUT2D eigenvalue weighted by atomic mass is 35.5. The van der Waals surface area contributed by atoms with Gasteiger partial charge in [-0.05, 0) is 13.8 Å². The summed E-state index contributed by atoms with van der Waals surface area (Å²) in [4.78, 5) is 3.92. The molecule has 0 aliphatic rings. The van der Waals surface area contributed by atoms with Crippen LogP contribution in [0.25, 0.3) is 0 Å². The Kier molecular flexibility index (Phi) is 1.76. The maximum Gasteiger partial charge on any atom is 0.212 e. The molecular formula is C6H8ClNO. The zero-order chi connectivity index (χ0) is 6.85. The average Bonchev–Trinajstić information content (AvgIpc) is 2.14. The van der Waals surface area contributed by atoms with Crippen molar-refractivity contribution in [2.45, 2.75) is 19.2 Å². The van der Waals surface area contributed by atoms with Gasteiger partial charge in [-0.25, -0.2) is 4.98 Å². The molecule has 0 saturated carbocycles. The second kappa shape index (κ2) is 2.40. The third-order valence-corrected chi connectivity index (χ3v) is 1.17. The van der Waals surface area contributed by atoms with E-state index >= 15 is 0 Å². The maximum absolute atomic E-state index is 5.66. The summed E-state index contributed by atoms with van der Waals surface area (Å²) in [5.41, 5.74) is 0. The van der Waals surface area contributed by atoms with Gasteiger partial charge in [-0.3, -0.25) is 0 Å². The summed E-state index contributed by atoms with van der Waals surface area (Å²) in [7, 11) is 0. The summed E-state index contributed by atoms with van der Waals surface area (Å²) in [5, 5.41) is -0.126. The first-order valence-electron chi connectivity index (χ1n) is 2.76. The molecule has 1 unspecified atom stereocenters. The quantitative estimate of drug-likeness (QED) is 0.567. The van der Waals surface area contributed by atoms with Crippen molar-refractivity contribution in [1.29, 1.82) is 0 Å². The number of aromatic nitrogens is 1. The van der Waals surface area contributed by atoms with E-state index in [1.54, 1.807) is 6.20 Å². The largest absolute Gasteiger partial charge is 0.444 e. The van der Waals surface area contributed by atoms with Crippen molar-refractivity contribution in [2.24, 2.45) is 0 Å². The lowest BCUT2D eigenvalue weighted by molar-refractivity contribution is 0.472. The number of nitrogens with zero attached hydrogens (tertiary/aromatic N) is 1. The SMILES string of the molecule is Cc1cnc(C(C)Cl)o1. The van der Waals surface area contributed by atoms with Gasteiger partial charge in [-0.1, -0.05) is 0 Å². The van der Waals surface area contributed by atoms with Crippen LogP contribution < -0.4 is 0 Å². The highest BCUT2D eigenvalue weighted by Gasteiger charge is 2.05. The van der Waals surface area contributed by atoms with Crippen LogP contribution in [0.15, 0.2) is 10.6 Å². The molecule has 0 amide bonds. The molecule has 1 heterocycles. The summed E-state index contributed by atoms with van der Waals surface area (Å²) in [6.45, 7) is 3.67. The molecule has 0 saturated heterocycles. The lowest BCUT2D eigenvalue weighted by atomic mass is 10.5. The van der Waals surface area contributed by atoms with Crippen molar-refractivity contribution in [1.82, 2.24) is 4.98 Å². The Morgan fingerprint density at radius 2 is 2.44 bits per heavy atom. The molecule has 0 aliphatic carbocycles. The van der Waals surface area contributed by atoms with Crippen LogP contribution >= 0.6 is 11.6 Å². The first-order valence-corrected chi connectivity index (χ1v) is 3.20. The standard InChI is InChI=1S/C6H8ClNO/c1-4-3-8-6(9-4)5(2)7/h3,5H,1-2H3. The molecule has 3 heteroatoms. The molecule has 1 atom stereocenters. The fourth-order valence-corrected chi connectivity index (χ4v) is 0.657. The molecule has 0 bridgehead atoms. The summed E-state index contributed by atoms with van der Waals surface area (Å²) < 4.78 is 5.10. The number of aryl methyl sites for hydroxylation is 1. The molecular weight excluding hydrogens is 138 g/mol. The predicted molar refractivity (Wildman–Crippen MR) is 35.5 cm³/mol. The summed E-state index contributed by atoms with van der Waals surface area (Å²) in [5.74, 6) is 1.40. The molecule has 50 valence electrons. The summed E-state index contributed by atoms with van der Waals surface area (Å²) in [6, 6.07) is 0. The topological polar surface area (TPSA) is 26.0 Å². The minimum Gasteiger partial charge on any atom is -0.444 e. The molecule has 0 aromatic carbocycles. The third kappa shape index (κ3) is 1.45. The molecule has 1 rings (SSSR count). The zero-order valence-electron chi connectivity index (χ0n) is 5.39. The van der Waals surface area contributed by atoms with Crippen LogP contribution in [0.1, 0.15) is 24.0 Å².